The van der Waals surface area contributed by atoms with Crippen LogP contribution in [0.2, 0.25) is 18.6 Å². The molecule has 246 valence electrons. The molecule has 4 N–H and O–H groups in total. The van der Waals surface area contributed by atoms with Crippen molar-refractivity contribution in [1.82, 2.24) is 20.3 Å². The van der Waals surface area contributed by atoms with Gasteiger partial charge in [0.25, 0.3) is 5.91 Å². The van der Waals surface area contributed by atoms with Gasteiger partial charge >= 0.3 is 5.97 Å². The van der Waals surface area contributed by atoms with E-state index < -0.39 is 20.0 Å². The quantitative estimate of drug-likeness (QED) is 0.144. The van der Waals surface area contributed by atoms with Crippen molar-refractivity contribution in [2.75, 3.05) is 37.0 Å². The van der Waals surface area contributed by atoms with Crippen LogP contribution in [0.3, 0.4) is 0 Å². The van der Waals surface area contributed by atoms with E-state index in [1.165, 1.54) is 7.11 Å². The van der Waals surface area contributed by atoms with Crippen LogP contribution in [0.4, 0.5) is 11.4 Å². The lowest BCUT2D eigenvalue weighted by Crippen LogP contribution is -2.46. The molecule has 2 fully saturated rings. The summed E-state index contributed by atoms with van der Waals surface area (Å²) in [6.45, 7) is 7.40. The van der Waals surface area contributed by atoms with E-state index in [-0.39, 0.29) is 48.3 Å². The van der Waals surface area contributed by atoms with Gasteiger partial charge in [-0.1, -0.05) is 12.1 Å². The number of benzene rings is 1. The fourth-order valence-electron chi connectivity index (χ4n) is 7.36. The topological polar surface area (TPSA) is 168 Å². The second kappa shape index (κ2) is 13.7. The van der Waals surface area contributed by atoms with Gasteiger partial charge in [-0.3, -0.25) is 19.1 Å². The molecule has 4 heterocycles. The predicted octanol–water partition coefficient (Wildman–Crippen LogP) is 2.08. The van der Waals surface area contributed by atoms with Crippen LogP contribution >= 0.6 is 0 Å². The molecule has 0 radical (unpaired) electrons. The largest absolute Gasteiger partial charge is 0.469 e. The number of carbonyl (C=O) groups is 3. The molecule has 1 aromatic carbocycles. The molecule has 5 rings (SSSR count). The first-order chi connectivity index (χ1) is 21.5. The van der Waals surface area contributed by atoms with Crippen LogP contribution in [0.25, 0.3) is 0 Å². The number of nitrogens with one attached hydrogen (secondary N) is 2. The van der Waals surface area contributed by atoms with Crippen molar-refractivity contribution >= 4 is 37.5 Å². The highest BCUT2D eigenvalue weighted by atomic mass is 28.4. The fourth-order valence-corrected chi connectivity index (χ4v) is 9.97. The Kier molecular flexibility index (Phi) is 10.1. The van der Waals surface area contributed by atoms with Gasteiger partial charge in [0.05, 0.1) is 30.6 Å². The Morgan fingerprint density at radius 3 is 2.76 bits per heavy atom. The summed E-state index contributed by atoms with van der Waals surface area (Å²) in [6.07, 6.45) is 5.40. The van der Waals surface area contributed by atoms with Crippen LogP contribution in [-0.2, 0) is 42.4 Å². The van der Waals surface area contributed by atoms with E-state index in [1.54, 1.807) is 15.8 Å². The minimum Gasteiger partial charge on any atom is -0.469 e. The Labute approximate surface area is 264 Å². The van der Waals surface area contributed by atoms with Gasteiger partial charge in [-0.25, -0.2) is 0 Å². The number of ether oxygens (including phenoxy) is 2. The Morgan fingerprint density at radius 2 is 2.07 bits per heavy atom. The van der Waals surface area contributed by atoms with Gasteiger partial charge in [0.2, 0.25) is 5.91 Å². The first kappa shape index (κ1) is 33.2. The van der Waals surface area contributed by atoms with Gasteiger partial charge in [0, 0.05) is 61.4 Å². The highest BCUT2D eigenvalue weighted by Crippen LogP contribution is 2.60. The molecule has 3 aliphatic rings. The first-order valence-electron chi connectivity index (χ1n) is 16.0. The molecule has 2 amide bonds. The van der Waals surface area contributed by atoms with Crippen LogP contribution in [-0.4, -0.2) is 89.9 Å². The average molecular weight is 643 g/mol. The van der Waals surface area contributed by atoms with Crippen LogP contribution < -0.4 is 15.5 Å². The minimum atomic E-state index is -2.87. The number of unbranched alkanes of at least 4 members (excludes halogenated alkanes) is 1. The van der Waals surface area contributed by atoms with Crippen molar-refractivity contribution in [3.8, 4) is 0 Å². The number of aromatic nitrogens is 3. The maximum Gasteiger partial charge on any atom is 0.305 e. The molecule has 0 unspecified atom stereocenters. The Morgan fingerprint density at radius 1 is 1.27 bits per heavy atom. The Hall–Kier alpha value is -3.17. The van der Waals surface area contributed by atoms with E-state index in [0.29, 0.717) is 61.4 Å². The standard InChI is InChI=1S/C31H46N6O7Si/c1-20-28(45(3,4)42)26(12-16-36-19-22(13-17-38)34-35-36)44-31(20)23-18-21(33-29(40)24-8-7-14-32-24)10-11-25(23)37(30(31)41)15-6-5-9-27(39)43-2/h10-11,18-20,24,26,28,32,38,42H,5-9,12-17H2,1-4H3,(H,33,40)/t20-,24+,26+,28-,31+/m0/s1. The lowest BCUT2D eigenvalue weighted by Gasteiger charge is -2.32. The van der Waals surface area contributed by atoms with Crippen molar-refractivity contribution < 1.29 is 33.8 Å². The normalized spacial score (nSPS) is 26.1. The molecule has 0 bridgehead atoms. The van der Waals surface area contributed by atoms with Crippen molar-refractivity contribution in [1.29, 1.82) is 0 Å². The molecule has 1 aromatic heterocycles. The molecule has 14 heteroatoms. The number of hydrogen-bond donors (Lipinski definition) is 4. The summed E-state index contributed by atoms with van der Waals surface area (Å²) in [5.74, 6) is -0.954. The number of rotatable bonds is 13. The van der Waals surface area contributed by atoms with Crippen LogP contribution in [0.1, 0.15) is 56.7 Å². The third-order valence-electron chi connectivity index (χ3n) is 9.47. The van der Waals surface area contributed by atoms with Gasteiger partial charge in [0.1, 0.15) is 0 Å². The number of aliphatic hydroxyl groups excluding tert-OH is 1. The summed E-state index contributed by atoms with van der Waals surface area (Å²) < 4.78 is 13.4. The fraction of sp³-hybridized carbons (Fsp3) is 0.645. The summed E-state index contributed by atoms with van der Waals surface area (Å²) in [5, 5.41) is 23.8. The molecule has 2 aromatic rings. The maximum atomic E-state index is 14.6. The summed E-state index contributed by atoms with van der Waals surface area (Å²) in [5.41, 5.74) is 1.05. The highest BCUT2D eigenvalue weighted by molar-refractivity contribution is 6.71. The summed E-state index contributed by atoms with van der Waals surface area (Å²) in [7, 11) is -1.51. The molecule has 13 nitrogen and oxygen atoms in total. The minimum absolute atomic E-state index is 0.0167. The molecular formula is C31H46N6O7Si. The molecule has 2 saturated heterocycles. The number of aliphatic hydroxyl groups is 1. The van der Waals surface area contributed by atoms with Gasteiger partial charge < -0.3 is 34.9 Å². The third-order valence-corrected chi connectivity index (χ3v) is 12.0. The van der Waals surface area contributed by atoms with E-state index >= 15 is 0 Å². The summed E-state index contributed by atoms with van der Waals surface area (Å²) in [6, 6.07) is 5.27. The number of amides is 2. The van der Waals surface area contributed by atoms with Gasteiger partial charge in [-0.15, -0.1) is 5.10 Å². The number of carbonyl (C=O) groups excluding carboxylic acids is 3. The van der Waals surface area contributed by atoms with E-state index in [2.05, 4.69) is 20.9 Å². The predicted molar refractivity (Wildman–Crippen MR) is 169 cm³/mol. The lowest BCUT2D eigenvalue weighted by atomic mass is 9.82. The van der Waals surface area contributed by atoms with Crippen LogP contribution in [0.5, 0.6) is 0 Å². The second-order valence-corrected chi connectivity index (χ2v) is 16.9. The van der Waals surface area contributed by atoms with E-state index in [1.807, 2.05) is 38.2 Å². The molecule has 5 atom stereocenters. The monoisotopic (exact) mass is 642 g/mol. The Balaban J connectivity index is 1.46. The molecule has 0 aliphatic carbocycles. The molecule has 45 heavy (non-hydrogen) atoms. The summed E-state index contributed by atoms with van der Waals surface area (Å²) in [4.78, 5) is 52.6. The molecule has 0 saturated carbocycles. The number of fused-ring (bicyclic) bond motifs is 2. The zero-order valence-electron chi connectivity index (χ0n) is 26.6. The van der Waals surface area contributed by atoms with Gasteiger partial charge in [0.15, 0.2) is 13.9 Å². The van der Waals surface area contributed by atoms with Crippen molar-refractivity contribution in [3.05, 3.63) is 35.7 Å². The average Bonchev–Trinajstić information content (AvgIpc) is 3.78. The number of aryl methyl sites for hydroxylation is 1. The van der Waals surface area contributed by atoms with E-state index in [0.717, 1.165) is 19.4 Å². The lowest BCUT2D eigenvalue weighted by molar-refractivity contribution is -0.146. The third kappa shape index (κ3) is 6.70. The zero-order valence-corrected chi connectivity index (χ0v) is 27.6. The Bertz CT molecular complexity index is 1390. The molecule has 3 aliphatic heterocycles. The first-order valence-corrected chi connectivity index (χ1v) is 19.0. The van der Waals surface area contributed by atoms with Crippen molar-refractivity contribution in [2.24, 2.45) is 5.92 Å². The maximum absolute atomic E-state index is 14.6. The summed E-state index contributed by atoms with van der Waals surface area (Å²) >= 11 is 0. The highest BCUT2D eigenvalue weighted by Gasteiger charge is 2.66. The molecular weight excluding hydrogens is 596 g/mol. The number of methoxy groups -OCH3 is 1. The smallest absolute Gasteiger partial charge is 0.305 e. The zero-order chi connectivity index (χ0) is 32.4. The van der Waals surface area contributed by atoms with Crippen LogP contribution in [0.15, 0.2) is 24.4 Å². The number of nitrogens with zero attached hydrogens (tertiary/aromatic N) is 4. The van der Waals surface area contributed by atoms with Gasteiger partial charge in [-0.05, 0) is 69.9 Å². The second-order valence-electron chi connectivity index (χ2n) is 13.0. The number of anilines is 2. The van der Waals surface area contributed by atoms with E-state index in [9.17, 15) is 24.3 Å². The van der Waals surface area contributed by atoms with Gasteiger partial charge in [-0.2, -0.15) is 0 Å². The number of hydrogen-bond acceptors (Lipinski definition) is 10. The van der Waals surface area contributed by atoms with Crippen LogP contribution in [0, 0.1) is 5.92 Å². The van der Waals surface area contributed by atoms with Crippen molar-refractivity contribution in [2.45, 2.75) is 94.8 Å². The SMILES string of the molecule is COC(=O)CCCCN1C(=O)[C@]2(O[C@H](CCn3cc(CCO)nn3)[C@@H]([Si](C)(C)O)[C@@H]2C)c2cc(NC(=O)[C@H]3CCCN3)ccc21. The van der Waals surface area contributed by atoms with E-state index in [4.69, 9.17) is 9.47 Å². The molecule has 1 spiro atoms. The van der Waals surface area contributed by atoms with Crippen molar-refractivity contribution in [3.63, 3.8) is 0 Å². The number of esters is 1.